The van der Waals surface area contributed by atoms with Gasteiger partial charge in [0.2, 0.25) is 0 Å². The van der Waals surface area contributed by atoms with E-state index in [9.17, 15) is 0 Å². The maximum atomic E-state index is 5.43. The van der Waals surface area contributed by atoms with Gasteiger partial charge in [0.15, 0.2) is 0 Å². The van der Waals surface area contributed by atoms with Crippen LogP contribution in [0.2, 0.25) is 13.1 Å². The molecule has 0 saturated carbocycles. The first-order valence-corrected chi connectivity index (χ1v) is 8.77. The molecule has 0 N–H and O–H groups in total. The second-order valence-electron chi connectivity index (χ2n) is 4.61. The number of para-hydroxylation sites is 1. The van der Waals surface area contributed by atoms with Gasteiger partial charge < -0.3 is 4.74 Å². The van der Waals surface area contributed by atoms with Crippen LogP contribution in [0.5, 0.6) is 5.75 Å². The van der Waals surface area contributed by atoms with Crippen molar-refractivity contribution in [3.05, 3.63) is 54.6 Å². The third-order valence-corrected chi connectivity index (χ3v) is 6.71. The number of rotatable bonds is 3. The molecule has 0 heterocycles. The third kappa shape index (κ3) is 2.27. The van der Waals surface area contributed by atoms with Crippen LogP contribution in [-0.4, -0.2) is 15.2 Å². The highest BCUT2D eigenvalue weighted by Gasteiger charge is 2.28. The van der Waals surface area contributed by atoms with E-state index in [0.29, 0.717) is 0 Å². The fourth-order valence-electron chi connectivity index (χ4n) is 2.09. The number of benzene rings is 2. The molecule has 0 spiro atoms. The highest BCUT2D eigenvalue weighted by molar-refractivity contribution is 7.00. The van der Waals surface area contributed by atoms with Crippen molar-refractivity contribution in [2.45, 2.75) is 13.1 Å². The molecule has 0 aliphatic heterocycles. The Balaban J connectivity index is 2.51. The Morgan fingerprint density at radius 3 is 2.35 bits per heavy atom. The van der Waals surface area contributed by atoms with Crippen LogP contribution in [0.3, 0.4) is 0 Å². The van der Waals surface area contributed by atoms with Gasteiger partial charge in [-0.3, -0.25) is 0 Å². The summed E-state index contributed by atoms with van der Waals surface area (Å²) in [4.78, 5) is 0. The number of methoxy groups -OCH3 is 1. The van der Waals surface area contributed by atoms with E-state index in [1.807, 2.05) is 12.1 Å². The zero-order valence-electron chi connectivity index (χ0n) is 10.5. The smallest absolute Gasteiger partial charge is 0.126 e. The summed E-state index contributed by atoms with van der Waals surface area (Å²) < 4.78 is 5.43. The average molecular weight is 241 g/mol. The minimum absolute atomic E-state index is 0.882. The van der Waals surface area contributed by atoms with Crippen molar-refractivity contribution in [2.75, 3.05) is 7.11 Å². The summed E-state index contributed by atoms with van der Waals surface area (Å²) in [6, 6.07) is 19.9. The van der Waals surface area contributed by atoms with Crippen molar-refractivity contribution >= 4 is 18.4 Å². The van der Waals surface area contributed by atoms with Crippen LogP contribution >= 0.6 is 0 Å². The largest absolute Gasteiger partial charge is 0.496 e. The second-order valence-corrected chi connectivity index (χ2v) is 8.97. The van der Waals surface area contributed by atoms with Gasteiger partial charge in [-0.2, -0.15) is 0 Å². The molecule has 0 aromatic heterocycles. The molecule has 1 nitrogen and oxygen atoms in total. The first-order valence-electron chi connectivity index (χ1n) is 5.77. The van der Waals surface area contributed by atoms with Gasteiger partial charge in [0, 0.05) is 6.07 Å². The molecule has 17 heavy (non-hydrogen) atoms. The van der Waals surface area contributed by atoms with E-state index in [4.69, 9.17) is 4.74 Å². The van der Waals surface area contributed by atoms with Gasteiger partial charge in [-0.25, -0.2) is 0 Å². The molecule has 2 aromatic rings. The summed E-state index contributed by atoms with van der Waals surface area (Å²) in [5, 5.41) is 2.71. The number of hydrogen-bond donors (Lipinski definition) is 0. The Bertz CT molecular complexity index is 491. The van der Waals surface area contributed by atoms with Gasteiger partial charge in [0.1, 0.15) is 13.8 Å². The zero-order valence-corrected chi connectivity index (χ0v) is 11.5. The van der Waals surface area contributed by atoms with E-state index >= 15 is 0 Å². The van der Waals surface area contributed by atoms with E-state index in [1.54, 1.807) is 7.11 Å². The van der Waals surface area contributed by atoms with Crippen LogP contribution in [0.25, 0.3) is 0 Å². The standard InChI is InChI=1S/C15H17OSi/c1-16-14-11-7-8-12-15(14)17(2,3)13-9-5-4-6-10-13/h4-10,12H,1-3H3. The van der Waals surface area contributed by atoms with Crippen molar-refractivity contribution in [3.63, 3.8) is 0 Å². The zero-order chi connectivity index (χ0) is 12.3. The average Bonchev–Trinajstić information content (AvgIpc) is 2.39. The molecule has 2 rings (SSSR count). The maximum Gasteiger partial charge on any atom is 0.126 e. The Labute approximate surface area is 104 Å². The van der Waals surface area contributed by atoms with Gasteiger partial charge in [0.05, 0.1) is 7.11 Å². The number of ether oxygens (including phenoxy) is 1. The lowest BCUT2D eigenvalue weighted by Crippen LogP contribution is -2.53. The monoisotopic (exact) mass is 241 g/mol. The molecular weight excluding hydrogens is 224 g/mol. The van der Waals surface area contributed by atoms with Crippen LogP contribution in [0, 0.1) is 6.07 Å². The molecule has 87 valence electrons. The highest BCUT2D eigenvalue weighted by Crippen LogP contribution is 2.13. The van der Waals surface area contributed by atoms with Crippen molar-refractivity contribution < 1.29 is 4.74 Å². The highest BCUT2D eigenvalue weighted by atomic mass is 28.3. The Hall–Kier alpha value is -1.54. The molecule has 1 radical (unpaired) electrons. The lowest BCUT2D eigenvalue weighted by molar-refractivity contribution is 0.417. The summed E-state index contributed by atoms with van der Waals surface area (Å²) in [6.07, 6.45) is 0. The molecule has 0 aliphatic carbocycles. The molecule has 0 amide bonds. The molecule has 0 aliphatic rings. The molecule has 0 atom stereocenters. The first-order chi connectivity index (χ1) is 8.16. The van der Waals surface area contributed by atoms with Crippen molar-refractivity contribution in [3.8, 4) is 5.75 Å². The third-order valence-electron chi connectivity index (χ3n) is 3.19. The van der Waals surface area contributed by atoms with E-state index in [1.165, 1.54) is 10.4 Å². The van der Waals surface area contributed by atoms with E-state index < -0.39 is 8.07 Å². The maximum absolute atomic E-state index is 5.43. The van der Waals surface area contributed by atoms with Gasteiger partial charge in [-0.15, -0.1) is 0 Å². The summed E-state index contributed by atoms with van der Waals surface area (Å²) >= 11 is 0. The fourth-order valence-corrected chi connectivity index (χ4v) is 4.68. The minimum Gasteiger partial charge on any atom is -0.496 e. The Morgan fingerprint density at radius 1 is 1.00 bits per heavy atom. The van der Waals surface area contributed by atoms with E-state index in [2.05, 4.69) is 55.6 Å². The second kappa shape index (κ2) is 4.76. The summed E-state index contributed by atoms with van der Waals surface area (Å²) in [7, 11) is 0.0358. The van der Waals surface area contributed by atoms with Crippen molar-refractivity contribution in [1.29, 1.82) is 0 Å². The molecule has 0 bridgehead atoms. The molecule has 0 saturated heterocycles. The lowest BCUT2D eigenvalue weighted by Gasteiger charge is -2.25. The van der Waals surface area contributed by atoms with Gasteiger partial charge >= 0.3 is 0 Å². The molecule has 0 fully saturated rings. The van der Waals surface area contributed by atoms with Crippen LogP contribution in [0.4, 0.5) is 0 Å². The van der Waals surface area contributed by atoms with Crippen molar-refractivity contribution in [2.24, 2.45) is 0 Å². The summed E-state index contributed by atoms with van der Waals surface area (Å²) in [6.45, 7) is 4.68. The summed E-state index contributed by atoms with van der Waals surface area (Å²) in [5.74, 6) is 0.882. The minimum atomic E-state index is -1.68. The van der Waals surface area contributed by atoms with Gasteiger partial charge in [0.25, 0.3) is 0 Å². The predicted molar refractivity (Wildman–Crippen MR) is 75.0 cm³/mol. The summed E-state index contributed by atoms with van der Waals surface area (Å²) in [5.41, 5.74) is 0. The SMILES string of the molecule is COc1[c]cccc1[Si](C)(C)c1ccccc1. The Kier molecular flexibility index (Phi) is 3.34. The van der Waals surface area contributed by atoms with Crippen molar-refractivity contribution in [1.82, 2.24) is 0 Å². The van der Waals surface area contributed by atoms with Gasteiger partial charge in [-0.05, 0) is 5.19 Å². The molecule has 2 heteroatoms. The lowest BCUT2D eigenvalue weighted by atomic mass is 10.3. The van der Waals surface area contributed by atoms with E-state index in [-0.39, 0.29) is 0 Å². The normalized spacial score (nSPS) is 11.2. The van der Waals surface area contributed by atoms with Crippen LogP contribution in [0.1, 0.15) is 0 Å². The Morgan fingerprint density at radius 2 is 1.71 bits per heavy atom. The fraction of sp³-hybridized carbons (Fsp3) is 0.200. The molecule has 0 unspecified atom stereocenters. The quantitative estimate of drug-likeness (QED) is 0.749. The van der Waals surface area contributed by atoms with Crippen LogP contribution in [0.15, 0.2) is 48.5 Å². The predicted octanol–water partition coefficient (Wildman–Crippen LogP) is 2.32. The first kappa shape index (κ1) is 11.9. The number of hydrogen-bond acceptors (Lipinski definition) is 1. The van der Waals surface area contributed by atoms with Crippen LogP contribution < -0.4 is 15.1 Å². The molecule has 2 aromatic carbocycles. The van der Waals surface area contributed by atoms with E-state index in [0.717, 1.165) is 5.75 Å². The topological polar surface area (TPSA) is 9.23 Å². The van der Waals surface area contributed by atoms with Gasteiger partial charge in [-0.1, -0.05) is 66.8 Å². The molecular formula is C15H17OSi. The van der Waals surface area contributed by atoms with Crippen LogP contribution in [-0.2, 0) is 0 Å².